The van der Waals surface area contributed by atoms with Gasteiger partial charge in [0.25, 0.3) is 0 Å². The van der Waals surface area contributed by atoms with Crippen LogP contribution in [0.3, 0.4) is 0 Å². The van der Waals surface area contributed by atoms with Crippen LogP contribution in [0, 0.1) is 0 Å². The minimum atomic E-state index is -4.37. The molecule has 0 spiro atoms. The van der Waals surface area contributed by atoms with Gasteiger partial charge in [0.05, 0.1) is 30.4 Å². The third-order valence-electron chi connectivity index (χ3n) is 2.73. The number of aliphatic hydroxyl groups excluding tert-OH is 3. The Morgan fingerprint density at radius 2 is 1.71 bits per heavy atom. The molecule has 21 heavy (non-hydrogen) atoms. The van der Waals surface area contributed by atoms with E-state index in [9.17, 15) is 13.2 Å². The predicted octanol–water partition coefficient (Wildman–Crippen LogP) is -0.968. The number of aliphatic hydroxyl groups is 3. The Morgan fingerprint density at radius 3 is 2.14 bits per heavy atom. The van der Waals surface area contributed by atoms with Crippen LogP contribution in [0.15, 0.2) is 23.1 Å². The van der Waals surface area contributed by atoms with E-state index in [1.165, 1.54) is 0 Å². The van der Waals surface area contributed by atoms with Crippen molar-refractivity contribution in [3.8, 4) is 0 Å². The van der Waals surface area contributed by atoms with Gasteiger partial charge in [-0.15, -0.1) is 0 Å². The smallest absolute Gasteiger partial charge is 0.335 e. The zero-order valence-electron chi connectivity index (χ0n) is 10.7. The average molecular weight is 340 g/mol. The molecule has 8 nitrogen and oxygen atoms in total. The van der Waals surface area contributed by atoms with E-state index in [1.807, 2.05) is 4.72 Å². The molecule has 118 valence electrons. The summed E-state index contributed by atoms with van der Waals surface area (Å²) >= 11 is 5.74. The molecule has 10 heteroatoms. The molecular weight excluding hydrogens is 326 g/mol. The average Bonchev–Trinajstić information content (AvgIpc) is 2.45. The molecule has 0 bridgehead atoms. The van der Waals surface area contributed by atoms with Gasteiger partial charge in [-0.2, -0.15) is 4.72 Å². The standard InChI is InChI=1S/C11H14ClNO7S/c12-8-2-1-7(10(17)18)3-9(8)21(19,20)13-11(4-14,5-15)6-16/h1-3,13-16H,4-6H2,(H,17,18). The maximum absolute atomic E-state index is 12.2. The highest BCUT2D eigenvalue weighted by atomic mass is 35.5. The Kier molecular flexibility index (Phi) is 5.68. The maximum Gasteiger partial charge on any atom is 0.335 e. The molecule has 0 unspecified atom stereocenters. The number of aromatic carboxylic acids is 1. The summed E-state index contributed by atoms with van der Waals surface area (Å²) in [6, 6.07) is 3.06. The fourth-order valence-corrected chi connectivity index (χ4v) is 3.33. The van der Waals surface area contributed by atoms with E-state index in [4.69, 9.17) is 32.0 Å². The number of halogens is 1. The Balaban J connectivity index is 3.31. The lowest BCUT2D eigenvalue weighted by molar-refractivity contribution is 0.0581. The third-order valence-corrected chi connectivity index (χ3v) is 4.79. The van der Waals surface area contributed by atoms with Crippen molar-refractivity contribution in [1.82, 2.24) is 4.72 Å². The first kappa shape index (κ1) is 17.8. The van der Waals surface area contributed by atoms with Crippen LogP contribution >= 0.6 is 11.6 Å². The normalized spacial score (nSPS) is 12.4. The molecular formula is C11H14ClNO7S. The number of carbonyl (C=O) groups is 1. The summed E-state index contributed by atoms with van der Waals surface area (Å²) in [7, 11) is -4.37. The van der Waals surface area contributed by atoms with E-state index in [0.29, 0.717) is 0 Å². The molecule has 0 fully saturated rings. The van der Waals surface area contributed by atoms with Crippen LogP contribution in [-0.4, -0.2) is 60.2 Å². The lowest BCUT2D eigenvalue weighted by Crippen LogP contribution is -2.56. The van der Waals surface area contributed by atoms with E-state index in [1.54, 1.807) is 0 Å². The Bertz CT molecular complexity index is 619. The number of carboxylic acid groups (broad SMARTS) is 1. The second-order valence-electron chi connectivity index (χ2n) is 4.31. The predicted molar refractivity (Wildman–Crippen MR) is 72.7 cm³/mol. The molecule has 1 aromatic carbocycles. The SMILES string of the molecule is O=C(O)c1ccc(Cl)c(S(=O)(=O)NC(CO)(CO)CO)c1. The molecule has 0 aliphatic rings. The highest BCUT2D eigenvalue weighted by molar-refractivity contribution is 7.89. The quantitative estimate of drug-likeness (QED) is 0.430. The van der Waals surface area contributed by atoms with Gasteiger partial charge < -0.3 is 20.4 Å². The Morgan fingerprint density at radius 1 is 1.19 bits per heavy atom. The number of carboxylic acids is 1. The molecule has 0 saturated carbocycles. The highest BCUT2D eigenvalue weighted by Crippen LogP contribution is 2.24. The number of sulfonamides is 1. The van der Waals surface area contributed by atoms with Gasteiger partial charge in [-0.3, -0.25) is 0 Å². The van der Waals surface area contributed by atoms with Gasteiger partial charge in [0.1, 0.15) is 10.4 Å². The Hall–Kier alpha value is -1.23. The second-order valence-corrected chi connectivity index (χ2v) is 6.37. The summed E-state index contributed by atoms with van der Waals surface area (Å²) in [5.41, 5.74) is -2.19. The number of benzene rings is 1. The fourth-order valence-electron chi connectivity index (χ4n) is 1.43. The van der Waals surface area contributed by atoms with Crippen molar-refractivity contribution in [2.24, 2.45) is 0 Å². The van der Waals surface area contributed by atoms with Gasteiger partial charge in [-0.1, -0.05) is 11.6 Å². The first-order valence-corrected chi connectivity index (χ1v) is 7.47. The molecule has 1 aromatic rings. The van der Waals surface area contributed by atoms with Gasteiger partial charge in [-0.05, 0) is 18.2 Å². The van der Waals surface area contributed by atoms with Crippen LogP contribution in [0.25, 0.3) is 0 Å². The third kappa shape index (κ3) is 3.90. The maximum atomic E-state index is 12.2. The van der Waals surface area contributed by atoms with E-state index in [-0.39, 0.29) is 10.6 Å². The molecule has 0 amide bonds. The summed E-state index contributed by atoms with van der Waals surface area (Å²) in [6.07, 6.45) is 0. The van der Waals surface area contributed by atoms with Crippen molar-refractivity contribution in [3.05, 3.63) is 28.8 Å². The molecule has 0 saturated heterocycles. The molecule has 5 N–H and O–H groups in total. The Labute approximate surface area is 125 Å². The number of nitrogens with one attached hydrogen (secondary N) is 1. The van der Waals surface area contributed by atoms with Crippen molar-refractivity contribution in [1.29, 1.82) is 0 Å². The molecule has 0 radical (unpaired) electrons. The van der Waals surface area contributed by atoms with E-state index >= 15 is 0 Å². The summed E-state index contributed by atoms with van der Waals surface area (Å²) < 4.78 is 26.3. The van der Waals surface area contributed by atoms with Crippen molar-refractivity contribution in [2.75, 3.05) is 19.8 Å². The second kappa shape index (κ2) is 6.69. The summed E-state index contributed by atoms with van der Waals surface area (Å²) in [5.74, 6) is -1.35. The van der Waals surface area contributed by atoms with Crippen LogP contribution in [-0.2, 0) is 10.0 Å². The van der Waals surface area contributed by atoms with Crippen molar-refractivity contribution >= 4 is 27.6 Å². The summed E-state index contributed by atoms with van der Waals surface area (Å²) in [5, 5.41) is 36.0. The van der Waals surface area contributed by atoms with Gasteiger partial charge in [0, 0.05) is 0 Å². The van der Waals surface area contributed by atoms with E-state index in [0.717, 1.165) is 18.2 Å². The van der Waals surface area contributed by atoms with Crippen LogP contribution in [0.4, 0.5) is 0 Å². The van der Waals surface area contributed by atoms with Gasteiger partial charge in [0.2, 0.25) is 10.0 Å². The number of hydrogen-bond donors (Lipinski definition) is 5. The van der Waals surface area contributed by atoms with E-state index < -0.39 is 46.2 Å². The van der Waals surface area contributed by atoms with Crippen molar-refractivity contribution in [3.63, 3.8) is 0 Å². The fraction of sp³-hybridized carbons (Fsp3) is 0.364. The molecule has 1 rings (SSSR count). The van der Waals surface area contributed by atoms with Gasteiger partial charge >= 0.3 is 5.97 Å². The minimum Gasteiger partial charge on any atom is -0.478 e. The van der Waals surface area contributed by atoms with Crippen LogP contribution in [0.2, 0.25) is 5.02 Å². The first-order chi connectivity index (χ1) is 9.71. The monoisotopic (exact) mass is 339 g/mol. The highest BCUT2D eigenvalue weighted by Gasteiger charge is 2.35. The van der Waals surface area contributed by atoms with Crippen molar-refractivity contribution in [2.45, 2.75) is 10.4 Å². The largest absolute Gasteiger partial charge is 0.478 e. The van der Waals surface area contributed by atoms with E-state index in [2.05, 4.69) is 0 Å². The summed E-state index contributed by atoms with van der Waals surface area (Å²) in [4.78, 5) is 10.3. The first-order valence-electron chi connectivity index (χ1n) is 5.61. The van der Waals surface area contributed by atoms with Gasteiger partial charge in [-0.25, -0.2) is 13.2 Å². The molecule has 0 aliphatic heterocycles. The topological polar surface area (TPSA) is 144 Å². The van der Waals surface area contributed by atoms with Crippen LogP contribution in [0.1, 0.15) is 10.4 Å². The van der Waals surface area contributed by atoms with Crippen LogP contribution < -0.4 is 4.72 Å². The molecule has 0 heterocycles. The number of rotatable bonds is 7. The number of hydrogen-bond acceptors (Lipinski definition) is 6. The summed E-state index contributed by atoms with van der Waals surface area (Å²) in [6.45, 7) is -2.60. The zero-order chi connectivity index (χ0) is 16.3. The molecule has 0 aliphatic carbocycles. The zero-order valence-corrected chi connectivity index (χ0v) is 12.2. The van der Waals surface area contributed by atoms with Crippen LogP contribution in [0.5, 0.6) is 0 Å². The van der Waals surface area contributed by atoms with Crippen molar-refractivity contribution < 1.29 is 33.6 Å². The lowest BCUT2D eigenvalue weighted by atomic mass is 10.1. The lowest BCUT2D eigenvalue weighted by Gasteiger charge is -2.28. The molecule has 0 atom stereocenters. The minimum absolute atomic E-state index is 0.241. The molecule has 0 aromatic heterocycles. The van der Waals surface area contributed by atoms with Gasteiger partial charge in [0.15, 0.2) is 0 Å².